The molecule has 6 atom stereocenters. The molecule has 136 valence electrons. The number of nitrogens with zero attached hydrogens (tertiary/aromatic N) is 2. The molecule has 0 aromatic heterocycles. The molecular formula is C21H23ClN2O2. The molecule has 3 saturated heterocycles. The van der Waals surface area contributed by atoms with E-state index in [9.17, 15) is 4.79 Å². The molecule has 6 aliphatic rings. The maximum absolute atomic E-state index is 13.2. The maximum atomic E-state index is 13.2. The van der Waals surface area contributed by atoms with Crippen molar-refractivity contribution in [2.75, 3.05) is 24.6 Å². The van der Waals surface area contributed by atoms with Crippen molar-refractivity contribution in [2.24, 2.45) is 11.8 Å². The van der Waals surface area contributed by atoms with E-state index < -0.39 is 0 Å². The summed E-state index contributed by atoms with van der Waals surface area (Å²) in [5, 5.41) is 0. The number of fused-ring (bicyclic) bond motifs is 2. The van der Waals surface area contributed by atoms with Crippen LogP contribution >= 0.6 is 12.4 Å². The molecular weight excluding hydrogens is 348 g/mol. The Balaban J connectivity index is 0.00000137. The number of para-hydroxylation sites is 1. The minimum absolute atomic E-state index is 0. The number of benzene rings is 1. The number of hydrogen-bond donors (Lipinski definition) is 0. The third kappa shape index (κ3) is 1.52. The highest BCUT2D eigenvalue weighted by atomic mass is 35.5. The molecule has 1 aromatic carbocycles. The summed E-state index contributed by atoms with van der Waals surface area (Å²) in [5.41, 5.74) is 4.35. The smallest absolute Gasteiger partial charge is 0.229 e. The first-order valence-electron chi connectivity index (χ1n) is 9.75. The van der Waals surface area contributed by atoms with E-state index in [0.29, 0.717) is 36.9 Å². The zero-order valence-electron chi connectivity index (χ0n) is 14.6. The quantitative estimate of drug-likeness (QED) is 0.658. The fraction of sp³-hybridized carbons (Fsp3) is 0.571. The summed E-state index contributed by atoms with van der Waals surface area (Å²) in [7, 11) is 0. The zero-order chi connectivity index (χ0) is 16.3. The summed E-state index contributed by atoms with van der Waals surface area (Å²) in [5.74, 6) is 1.35. The number of carbonyl (C=O) groups excluding carboxylic acids is 1. The predicted molar refractivity (Wildman–Crippen MR) is 101 cm³/mol. The monoisotopic (exact) mass is 370 g/mol. The molecule has 4 fully saturated rings. The van der Waals surface area contributed by atoms with Crippen LogP contribution in [0.1, 0.15) is 24.8 Å². The van der Waals surface area contributed by atoms with E-state index in [0.717, 1.165) is 6.54 Å². The molecule has 26 heavy (non-hydrogen) atoms. The van der Waals surface area contributed by atoms with Gasteiger partial charge in [0.15, 0.2) is 0 Å². The Morgan fingerprint density at radius 1 is 1.23 bits per heavy atom. The third-order valence-electron chi connectivity index (χ3n) is 8.22. The molecule has 4 nitrogen and oxygen atoms in total. The lowest BCUT2D eigenvalue weighted by atomic mass is 9.53. The summed E-state index contributed by atoms with van der Waals surface area (Å²) in [6.07, 6.45) is 5.43. The Labute approximate surface area is 159 Å². The van der Waals surface area contributed by atoms with E-state index in [1.165, 1.54) is 30.6 Å². The maximum Gasteiger partial charge on any atom is 0.229 e. The lowest BCUT2D eigenvalue weighted by Gasteiger charge is -2.58. The van der Waals surface area contributed by atoms with Gasteiger partial charge in [-0.25, -0.2) is 0 Å². The summed E-state index contributed by atoms with van der Waals surface area (Å²) in [6, 6.07) is 9.64. The van der Waals surface area contributed by atoms with Crippen molar-refractivity contribution >= 4 is 24.0 Å². The fourth-order valence-corrected chi connectivity index (χ4v) is 7.51. The highest BCUT2D eigenvalue weighted by molar-refractivity contribution is 5.99. The van der Waals surface area contributed by atoms with Gasteiger partial charge in [0.25, 0.3) is 0 Å². The molecule has 1 aliphatic carbocycles. The molecule has 2 unspecified atom stereocenters. The van der Waals surface area contributed by atoms with Gasteiger partial charge in [-0.15, -0.1) is 12.4 Å². The number of rotatable bonds is 0. The van der Waals surface area contributed by atoms with Crippen LogP contribution < -0.4 is 4.90 Å². The number of carbonyl (C=O) groups is 1. The Bertz CT molecular complexity index is 854. The Kier molecular flexibility index (Phi) is 2.96. The largest absolute Gasteiger partial charge is 0.373 e. The lowest BCUT2D eigenvalue weighted by Crippen LogP contribution is -2.69. The van der Waals surface area contributed by atoms with Crippen LogP contribution in [0.2, 0.25) is 0 Å². The summed E-state index contributed by atoms with van der Waals surface area (Å²) < 4.78 is 6.25. The summed E-state index contributed by atoms with van der Waals surface area (Å²) >= 11 is 0. The summed E-state index contributed by atoms with van der Waals surface area (Å²) in [4.78, 5) is 18.1. The van der Waals surface area contributed by atoms with Crippen molar-refractivity contribution in [2.45, 2.75) is 42.9 Å². The van der Waals surface area contributed by atoms with Crippen molar-refractivity contribution in [1.29, 1.82) is 0 Å². The van der Waals surface area contributed by atoms with E-state index in [1.807, 2.05) is 0 Å². The average molecular weight is 371 g/mol. The number of anilines is 1. The van der Waals surface area contributed by atoms with Crippen molar-refractivity contribution < 1.29 is 9.53 Å². The first-order chi connectivity index (χ1) is 12.3. The van der Waals surface area contributed by atoms with E-state index in [1.54, 1.807) is 5.57 Å². The van der Waals surface area contributed by atoms with Gasteiger partial charge in [0, 0.05) is 29.6 Å². The second-order valence-electron chi connectivity index (χ2n) is 8.78. The SMILES string of the molecule is Cl.O=C1CC2OCC=C3CN4CC[C@]56c7ccccc7N1[C@H]5C2[C@H]3C[C@H]46. The first kappa shape index (κ1) is 15.7. The fourth-order valence-electron chi connectivity index (χ4n) is 7.51. The van der Waals surface area contributed by atoms with Gasteiger partial charge in [-0.05, 0) is 36.9 Å². The van der Waals surface area contributed by atoms with E-state index in [4.69, 9.17) is 4.74 Å². The topological polar surface area (TPSA) is 32.8 Å². The van der Waals surface area contributed by atoms with Gasteiger partial charge in [0.05, 0.1) is 25.2 Å². The normalized spacial score (nSPS) is 44.2. The third-order valence-corrected chi connectivity index (χ3v) is 8.22. The van der Waals surface area contributed by atoms with Gasteiger partial charge < -0.3 is 9.64 Å². The molecule has 1 saturated carbocycles. The second kappa shape index (κ2) is 4.92. The van der Waals surface area contributed by atoms with Crippen LogP contribution in [0.15, 0.2) is 35.9 Å². The lowest BCUT2D eigenvalue weighted by molar-refractivity contribution is -0.132. The van der Waals surface area contributed by atoms with Crippen LogP contribution in [0.25, 0.3) is 0 Å². The van der Waals surface area contributed by atoms with Crippen LogP contribution in [-0.4, -0.2) is 48.7 Å². The van der Waals surface area contributed by atoms with Gasteiger partial charge in [-0.3, -0.25) is 9.69 Å². The van der Waals surface area contributed by atoms with Crippen LogP contribution in [-0.2, 0) is 14.9 Å². The van der Waals surface area contributed by atoms with E-state index in [2.05, 4.69) is 40.1 Å². The second-order valence-corrected chi connectivity index (χ2v) is 8.78. The van der Waals surface area contributed by atoms with Gasteiger partial charge in [-0.2, -0.15) is 0 Å². The van der Waals surface area contributed by atoms with E-state index >= 15 is 0 Å². The molecule has 1 spiro atoms. The highest BCUT2D eigenvalue weighted by Gasteiger charge is 2.70. The Morgan fingerprint density at radius 3 is 3.04 bits per heavy atom. The van der Waals surface area contributed by atoms with Gasteiger partial charge in [-0.1, -0.05) is 29.8 Å². The molecule has 5 aliphatic heterocycles. The Hall–Kier alpha value is -1.36. The van der Waals surface area contributed by atoms with Crippen LogP contribution in [0, 0.1) is 11.8 Å². The minimum atomic E-state index is 0. The van der Waals surface area contributed by atoms with E-state index in [-0.39, 0.29) is 29.8 Å². The van der Waals surface area contributed by atoms with Crippen molar-refractivity contribution in [1.82, 2.24) is 4.90 Å². The van der Waals surface area contributed by atoms with Crippen molar-refractivity contribution in [3.8, 4) is 0 Å². The molecule has 5 heteroatoms. The Morgan fingerprint density at radius 2 is 2.12 bits per heavy atom. The van der Waals surface area contributed by atoms with Crippen molar-refractivity contribution in [3.63, 3.8) is 0 Å². The average Bonchev–Trinajstić information content (AvgIpc) is 3.10. The number of piperidine rings is 2. The standard InChI is InChI=1S/C21H22N2O2.ClH/c24-18-10-16-19-13-9-17-21(6-7-22(17)11-12(13)5-8-25-16)14-3-1-2-4-15(14)23(18)20(19)21;/h1-5,13,16-17,19-20H,6-11H2;1H/t13-,16?,17-,19?,20-,21+;/m0./s1. The number of hydrogen-bond acceptors (Lipinski definition) is 3. The predicted octanol–water partition coefficient (Wildman–Crippen LogP) is 2.51. The first-order valence-corrected chi connectivity index (χ1v) is 9.75. The van der Waals surface area contributed by atoms with Crippen LogP contribution in [0.3, 0.4) is 0 Å². The van der Waals surface area contributed by atoms with Gasteiger partial charge in [0.2, 0.25) is 5.91 Å². The summed E-state index contributed by atoms with van der Waals surface area (Å²) in [6.45, 7) is 2.97. The number of ether oxygens (including phenoxy) is 1. The molecule has 2 bridgehead atoms. The highest BCUT2D eigenvalue weighted by Crippen LogP contribution is 2.65. The molecule has 1 aromatic rings. The van der Waals surface area contributed by atoms with Crippen LogP contribution in [0.5, 0.6) is 0 Å². The van der Waals surface area contributed by atoms with Crippen molar-refractivity contribution in [3.05, 3.63) is 41.5 Å². The number of halogens is 1. The zero-order valence-corrected chi connectivity index (χ0v) is 15.5. The van der Waals surface area contributed by atoms with Gasteiger partial charge >= 0.3 is 0 Å². The van der Waals surface area contributed by atoms with Crippen LogP contribution in [0.4, 0.5) is 5.69 Å². The van der Waals surface area contributed by atoms with Gasteiger partial charge in [0.1, 0.15) is 0 Å². The molecule has 0 N–H and O–H groups in total. The number of amides is 1. The molecule has 7 rings (SSSR count). The molecule has 5 heterocycles. The molecule has 1 amide bonds. The minimum Gasteiger partial charge on any atom is -0.373 e. The molecule has 0 radical (unpaired) electrons.